The summed E-state index contributed by atoms with van der Waals surface area (Å²) in [6, 6.07) is 0. The largest absolute Gasteiger partial charge is 0.462 e. The van der Waals surface area contributed by atoms with E-state index in [2.05, 4.69) is 13.8 Å². The van der Waals surface area contributed by atoms with Crippen molar-refractivity contribution >= 4 is 11.8 Å². The molecule has 180 valence electrons. The van der Waals surface area contributed by atoms with Gasteiger partial charge in [0.25, 0.3) is 0 Å². The zero-order valence-corrected chi connectivity index (χ0v) is 20.9. The van der Waals surface area contributed by atoms with Crippen molar-refractivity contribution in [2.75, 3.05) is 0 Å². The molecule has 0 aliphatic heterocycles. The summed E-state index contributed by atoms with van der Waals surface area (Å²) in [5.41, 5.74) is 1.64. The van der Waals surface area contributed by atoms with E-state index in [1.165, 1.54) is 76.2 Å². The van der Waals surface area contributed by atoms with Gasteiger partial charge in [-0.2, -0.15) is 0 Å². The summed E-state index contributed by atoms with van der Waals surface area (Å²) < 4.78 is 5.87. The number of ketones is 1. The van der Waals surface area contributed by atoms with Gasteiger partial charge in [0.1, 0.15) is 6.10 Å². The van der Waals surface area contributed by atoms with Crippen LogP contribution in [-0.4, -0.2) is 17.9 Å². The third-order valence-corrected chi connectivity index (χ3v) is 9.87. The average Bonchev–Trinajstić information content (AvgIpc) is 3.08. The highest BCUT2D eigenvalue weighted by Crippen LogP contribution is 2.64. The molecule has 0 saturated heterocycles. The zero-order chi connectivity index (χ0) is 22.7. The van der Waals surface area contributed by atoms with Crippen molar-refractivity contribution in [3.63, 3.8) is 0 Å². The Balaban J connectivity index is 1.48. The first kappa shape index (κ1) is 24.0. The summed E-state index contributed by atoms with van der Waals surface area (Å²) in [5.74, 6) is 3.78. The van der Waals surface area contributed by atoms with Crippen LogP contribution in [0.4, 0.5) is 0 Å². The van der Waals surface area contributed by atoms with Gasteiger partial charge < -0.3 is 4.74 Å². The van der Waals surface area contributed by atoms with E-state index in [9.17, 15) is 9.59 Å². The minimum atomic E-state index is -0.113. The van der Waals surface area contributed by atoms with Crippen LogP contribution in [0.1, 0.15) is 117 Å². The number of carbonyl (C=O) groups excluding carboxylic acids is 2. The van der Waals surface area contributed by atoms with Crippen molar-refractivity contribution < 1.29 is 14.3 Å². The quantitative estimate of drug-likeness (QED) is 0.275. The van der Waals surface area contributed by atoms with Gasteiger partial charge in [-0.25, -0.2) is 0 Å². The predicted octanol–water partition coefficient (Wildman–Crippen LogP) is 7.43. The Labute approximate surface area is 196 Å². The van der Waals surface area contributed by atoms with Crippen LogP contribution in [0.25, 0.3) is 0 Å². The fourth-order valence-electron chi connectivity index (χ4n) is 8.38. The first-order valence-corrected chi connectivity index (χ1v) is 13.8. The molecule has 4 aliphatic carbocycles. The number of ether oxygens (including phenoxy) is 1. The zero-order valence-electron chi connectivity index (χ0n) is 20.9. The Hall–Kier alpha value is -1.12. The van der Waals surface area contributed by atoms with Gasteiger partial charge in [-0.3, -0.25) is 9.59 Å². The van der Waals surface area contributed by atoms with Crippen molar-refractivity contribution in [2.24, 2.45) is 35.0 Å². The van der Waals surface area contributed by atoms with E-state index >= 15 is 0 Å². The molecule has 32 heavy (non-hydrogen) atoms. The first-order chi connectivity index (χ1) is 15.4. The third kappa shape index (κ3) is 4.87. The van der Waals surface area contributed by atoms with Crippen LogP contribution in [0.5, 0.6) is 0 Å². The molecule has 0 heterocycles. The lowest BCUT2D eigenvalue weighted by atomic mass is 9.49. The maximum Gasteiger partial charge on any atom is 0.302 e. The Morgan fingerprint density at radius 2 is 1.81 bits per heavy atom. The molecule has 0 aromatic carbocycles. The first-order valence-electron chi connectivity index (χ1n) is 13.8. The van der Waals surface area contributed by atoms with Gasteiger partial charge in [0.2, 0.25) is 0 Å². The lowest BCUT2D eigenvalue weighted by molar-refractivity contribution is -0.157. The van der Waals surface area contributed by atoms with E-state index in [0.29, 0.717) is 23.5 Å². The average molecular weight is 443 g/mol. The van der Waals surface area contributed by atoms with Crippen molar-refractivity contribution in [3.8, 4) is 0 Å². The Kier molecular flexibility index (Phi) is 7.83. The molecule has 0 aromatic rings. The number of carbonyl (C=O) groups is 2. The van der Waals surface area contributed by atoms with Crippen LogP contribution in [-0.2, 0) is 14.3 Å². The highest BCUT2D eigenvalue weighted by atomic mass is 16.5. The molecule has 0 spiro atoms. The minimum Gasteiger partial charge on any atom is -0.462 e. The molecular formula is C29H46O3. The molecule has 3 fully saturated rings. The number of esters is 1. The van der Waals surface area contributed by atoms with Crippen molar-refractivity contribution in [1.82, 2.24) is 0 Å². The van der Waals surface area contributed by atoms with Crippen molar-refractivity contribution in [3.05, 3.63) is 11.6 Å². The van der Waals surface area contributed by atoms with Gasteiger partial charge in [0, 0.05) is 18.8 Å². The van der Waals surface area contributed by atoms with Gasteiger partial charge in [0.05, 0.1) is 0 Å². The van der Waals surface area contributed by atoms with Gasteiger partial charge in [-0.05, 0) is 80.6 Å². The molecule has 3 saturated carbocycles. The van der Waals surface area contributed by atoms with E-state index in [1.807, 2.05) is 6.08 Å². The van der Waals surface area contributed by atoms with Crippen LogP contribution in [0.15, 0.2) is 11.6 Å². The summed E-state index contributed by atoms with van der Waals surface area (Å²) in [5, 5.41) is 0. The number of fused-ring (bicyclic) bond motifs is 5. The monoisotopic (exact) mass is 442 g/mol. The normalized spacial score (nSPS) is 38.5. The smallest absolute Gasteiger partial charge is 0.302 e. The van der Waals surface area contributed by atoms with Crippen molar-refractivity contribution in [1.29, 1.82) is 0 Å². The number of hydrogen-bond acceptors (Lipinski definition) is 3. The number of rotatable bonds is 9. The van der Waals surface area contributed by atoms with Gasteiger partial charge in [0.15, 0.2) is 5.78 Å². The van der Waals surface area contributed by atoms with E-state index in [4.69, 9.17) is 4.74 Å². The summed E-state index contributed by atoms with van der Waals surface area (Å²) >= 11 is 0. The van der Waals surface area contributed by atoms with Gasteiger partial charge >= 0.3 is 5.97 Å². The highest BCUT2D eigenvalue weighted by molar-refractivity contribution is 5.91. The Morgan fingerprint density at radius 3 is 2.56 bits per heavy atom. The molecule has 4 aliphatic rings. The van der Waals surface area contributed by atoms with E-state index in [1.54, 1.807) is 6.92 Å². The fraction of sp³-hybridized carbons (Fsp3) is 0.862. The maximum absolute atomic E-state index is 12.2. The molecule has 0 N–H and O–H groups in total. The van der Waals surface area contributed by atoms with Crippen LogP contribution in [0, 0.1) is 35.0 Å². The van der Waals surface area contributed by atoms with E-state index < -0.39 is 0 Å². The van der Waals surface area contributed by atoms with Crippen LogP contribution in [0.3, 0.4) is 0 Å². The summed E-state index contributed by atoms with van der Waals surface area (Å²) in [6.07, 6.45) is 20.7. The van der Waals surface area contributed by atoms with Crippen LogP contribution < -0.4 is 0 Å². The number of allylic oxidation sites excluding steroid dienone is 1. The Bertz CT molecular complexity index is 709. The minimum absolute atomic E-state index is 0.107. The molecule has 3 nitrogen and oxygen atoms in total. The molecule has 0 aromatic heterocycles. The second-order valence-corrected chi connectivity index (χ2v) is 11.8. The van der Waals surface area contributed by atoms with Crippen LogP contribution >= 0.6 is 0 Å². The molecule has 3 heteroatoms. The molecule has 4 unspecified atom stereocenters. The molecule has 0 radical (unpaired) electrons. The third-order valence-electron chi connectivity index (χ3n) is 9.87. The van der Waals surface area contributed by atoms with Gasteiger partial charge in [-0.1, -0.05) is 64.4 Å². The summed E-state index contributed by atoms with van der Waals surface area (Å²) in [4.78, 5) is 24.0. The molecule has 0 bridgehead atoms. The van der Waals surface area contributed by atoms with Gasteiger partial charge in [-0.15, -0.1) is 0 Å². The molecule has 7 atom stereocenters. The fourth-order valence-corrected chi connectivity index (χ4v) is 8.38. The lowest BCUT2D eigenvalue weighted by Crippen LogP contribution is -2.51. The summed E-state index contributed by atoms with van der Waals surface area (Å²) in [6.45, 7) is 6.28. The maximum atomic E-state index is 12.2. The number of hydrogen-bond donors (Lipinski definition) is 0. The summed E-state index contributed by atoms with van der Waals surface area (Å²) in [7, 11) is 0. The molecule has 4 rings (SSSR count). The molecular weight excluding hydrogens is 396 g/mol. The van der Waals surface area contributed by atoms with E-state index in [-0.39, 0.29) is 17.5 Å². The molecule has 0 amide bonds. The number of unbranched alkanes of at least 4 members (excludes halogenated alkanes) is 6. The second kappa shape index (κ2) is 10.4. The standard InChI is InChI=1S/C29H46O3/c1-4-5-6-7-8-9-10-11-21-18-22-19-23(31)12-13-24(22)25-16-17-29(3)26(28(21)25)14-15-27(29)32-20(2)30/h19,21,24-28H,4-18H2,1-3H3/t21?,24-,25?,26?,27-,28?,29-/m0/s1. The topological polar surface area (TPSA) is 43.4 Å². The lowest BCUT2D eigenvalue weighted by Gasteiger charge is -2.56. The predicted molar refractivity (Wildman–Crippen MR) is 129 cm³/mol. The highest BCUT2D eigenvalue weighted by Gasteiger charge is 2.59. The van der Waals surface area contributed by atoms with Crippen molar-refractivity contribution in [2.45, 2.75) is 123 Å². The van der Waals surface area contributed by atoms with Crippen LogP contribution in [0.2, 0.25) is 0 Å². The Morgan fingerprint density at radius 1 is 1.06 bits per heavy atom. The SMILES string of the molecule is CCCCCCCCCC1CC2=CC(=O)CC[C@@H]2C2CC[C@@]3(C)C(CC[C@@H]3OC(C)=O)C12. The van der Waals surface area contributed by atoms with E-state index in [0.717, 1.165) is 37.5 Å². The second-order valence-electron chi connectivity index (χ2n) is 11.8.